The molecule has 0 aliphatic carbocycles. The van der Waals surface area contributed by atoms with Gasteiger partial charge in [-0.3, -0.25) is 4.79 Å². The topological polar surface area (TPSA) is 50.4 Å². The van der Waals surface area contributed by atoms with E-state index in [0.29, 0.717) is 11.4 Å². The van der Waals surface area contributed by atoms with Gasteiger partial charge >= 0.3 is 0 Å². The van der Waals surface area contributed by atoms with Crippen LogP contribution in [-0.2, 0) is 4.79 Å². The summed E-state index contributed by atoms with van der Waals surface area (Å²) < 4.78 is 5.19. The molecule has 1 amide bonds. The van der Waals surface area contributed by atoms with Gasteiger partial charge in [-0.25, -0.2) is 0 Å². The molecule has 0 aromatic heterocycles. The van der Waals surface area contributed by atoms with Gasteiger partial charge < -0.3 is 15.4 Å². The molecule has 0 aliphatic rings. The van der Waals surface area contributed by atoms with Crippen molar-refractivity contribution in [2.45, 2.75) is 33.7 Å². The predicted octanol–water partition coefficient (Wildman–Crippen LogP) is 2.66. The Bertz CT molecular complexity index is 424. The number of ether oxygens (including phenoxy) is 1. The highest BCUT2D eigenvalue weighted by atomic mass is 16.5. The number of benzene rings is 1. The van der Waals surface area contributed by atoms with Gasteiger partial charge in [0.1, 0.15) is 5.75 Å². The zero-order valence-corrected chi connectivity index (χ0v) is 12.4. The normalized spacial score (nSPS) is 12.9. The Morgan fingerprint density at radius 2 is 1.95 bits per heavy atom. The Kier molecular flexibility index (Phi) is 5.36. The Morgan fingerprint density at radius 3 is 2.53 bits per heavy atom. The van der Waals surface area contributed by atoms with Gasteiger partial charge in [-0.1, -0.05) is 32.9 Å². The van der Waals surface area contributed by atoms with Gasteiger partial charge in [0, 0.05) is 6.04 Å². The molecule has 0 saturated heterocycles. The number of nitrogens with one attached hydrogen (secondary N) is 2. The van der Waals surface area contributed by atoms with Crippen LogP contribution in [0.25, 0.3) is 0 Å². The summed E-state index contributed by atoms with van der Waals surface area (Å²) in [7, 11) is 1.59. The number of para-hydroxylation sites is 2. The van der Waals surface area contributed by atoms with Crippen molar-refractivity contribution >= 4 is 11.6 Å². The summed E-state index contributed by atoms with van der Waals surface area (Å²) in [6.07, 6.45) is 0. The van der Waals surface area contributed by atoms with Crippen LogP contribution in [0.4, 0.5) is 5.69 Å². The fourth-order valence-corrected chi connectivity index (χ4v) is 1.49. The van der Waals surface area contributed by atoms with Crippen LogP contribution in [0, 0.1) is 5.41 Å². The van der Waals surface area contributed by atoms with E-state index < -0.39 is 0 Å². The molecule has 1 aromatic carbocycles. The number of rotatable bonds is 5. The minimum absolute atomic E-state index is 0.0689. The molecule has 0 aliphatic heterocycles. The molecule has 19 heavy (non-hydrogen) atoms. The van der Waals surface area contributed by atoms with Gasteiger partial charge in [0.2, 0.25) is 5.91 Å². The molecule has 2 N–H and O–H groups in total. The van der Waals surface area contributed by atoms with E-state index >= 15 is 0 Å². The third-order valence-electron chi connectivity index (χ3n) is 3.25. The summed E-state index contributed by atoms with van der Waals surface area (Å²) in [6, 6.07) is 7.64. The summed E-state index contributed by atoms with van der Waals surface area (Å²) in [6.45, 7) is 8.79. The quantitative estimate of drug-likeness (QED) is 0.859. The number of methoxy groups -OCH3 is 1. The van der Waals surface area contributed by atoms with Crippen molar-refractivity contribution in [1.29, 1.82) is 0 Å². The SMILES string of the molecule is COc1ccccc1NC(=O)CNC(C)C(C)(C)C. The highest BCUT2D eigenvalue weighted by Gasteiger charge is 2.20. The highest BCUT2D eigenvalue weighted by Crippen LogP contribution is 2.23. The average molecular weight is 264 g/mol. The average Bonchev–Trinajstić information content (AvgIpc) is 2.35. The molecule has 1 aromatic rings. The zero-order chi connectivity index (χ0) is 14.5. The highest BCUT2D eigenvalue weighted by molar-refractivity contribution is 5.93. The molecule has 4 heteroatoms. The van der Waals surface area contributed by atoms with Crippen molar-refractivity contribution in [1.82, 2.24) is 5.32 Å². The van der Waals surface area contributed by atoms with Gasteiger partial charge in [-0.15, -0.1) is 0 Å². The molecule has 0 radical (unpaired) electrons. The third kappa shape index (κ3) is 4.91. The van der Waals surface area contributed by atoms with Gasteiger partial charge in [0.25, 0.3) is 0 Å². The summed E-state index contributed by atoms with van der Waals surface area (Å²) in [5, 5.41) is 6.07. The monoisotopic (exact) mass is 264 g/mol. The number of hydrogen-bond donors (Lipinski definition) is 2. The van der Waals surface area contributed by atoms with Crippen LogP contribution < -0.4 is 15.4 Å². The van der Waals surface area contributed by atoms with Crippen molar-refractivity contribution in [3.8, 4) is 5.75 Å². The molecule has 0 bridgehead atoms. The molecule has 0 spiro atoms. The van der Waals surface area contributed by atoms with Crippen molar-refractivity contribution in [2.75, 3.05) is 19.0 Å². The molecule has 0 saturated carbocycles. The Balaban J connectivity index is 2.52. The maximum Gasteiger partial charge on any atom is 0.238 e. The second-order valence-corrected chi connectivity index (χ2v) is 5.72. The van der Waals surface area contributed by atoms with Crippen LogP contribution in [0.5, 0.6) is 5.75 Å². The number of hydrogen-bond acceptors (Lipinski definition) is 3. The van der Waals surface area contributed by atoms with E-state index in [0.717, 1.165) is 0 Å². The molecule has 0 heterocycles. The van der Waals surface area contributed by atoms with Crippen molar-refractivity contribution < 1.29 is 9.53 Å². The molecule has 106 valence electrons. The van der Waals surface area contributed by atoms with E-state index in [1.165, 1.54) is 0 Å². The minimum Gasteiger partial charge on any atom is -0.495 e. The summed E-state index contributed by atoms with van der Waals surface area (Å²) in [5.41, 5.74) is 0.824. The first-order valence-electron chi connectivity index (χ1n) is 6.51. The molecule has 1 unspecified atom stereocenters. The lowest BCUT2D eigenvalue weighted by molar-refractivity contribution is -0.115. The number of carbonyl (C=O) groups excluding carboxylic acids is 1. The molecular formula is C15H24N2O2. The number of anilines is 1. The van der Waals surface area contributed by atoms with Gasteiger partial charge in [-0.05, 0) is 24.5 Å². The first kappa shape index (κ1) is 15.5. The van der Waals surface area contributed by atoms with E-state index in [-0.39, 0.29) is 23.9 Å². The molecular weight excluding hydrogens is 240 g/mol. The summed E-state index contributed by atoms with van der Waals surface area (Å²) >= 11 is 0. The van der Waals surface area contributed by atoms with Crippen LogP contribution in [0.15, 0.2) is 24.3 Å². The first-order valence-corrected chi connectivity index (χ1v) is 6.51. The zero-order valence-electron chi connectivity index (χ0n) is 12.4. The Hall–Kier alpha value is -1.55. The van der Waals surface area contributed by atoms with Crippen molar-refractivity contribution in [2.24, 2.45) is 5.41 Å². The molecule has 4 nitrogen and oxygen atoms in total. The fourth-order valence-electron chi connectivity index (χ4n) is 1.49. The largest absolute Gasteiger partial charge is 0.495 e. The van der Waals surface area contributed by atoms with Crippen LogP contribution in [0.1, 0.15) is 27.7 Å². The van der Waals surface area contributed by atoms with E-state index in [2.05, 4.69) is 38.3 Å². The van der Waals surface area contributed by atoms with Gasteiger partial charge in [0.05, 0.1) is 19.3 Å². The maximum absolute atomic E-state index is 11.9. The number of carbonyl (C=O) groups is 1. The van der Waals surface area contributed by atoms with Crippen LogP contribution in [0.2, 0.25) is 0 Å². The van der Waals surface area contributed by atoms with Crippen molar-refractivity contribution in [3.63, 3.8) is 0 Å². The smallest absolute Gasteiger partial charge is 0.238 e. The van der Waals surface area contributed by atoms with E-state index in [1.54, 1.807) is 7.11 Å². The summed E-state index contributed by atoms with van der Waals surface area (Å²) in [4.78, 5) is 11.9. The predicted molar refractivity (Wildman–Crippen MR) is 78.5 cm³/mol. The summed E-state index contributed by atoms with van der Waals surface area (Å²) in [5.74, 6) is 0.598. The second kappa shape index (κ2) is 6.57. The van der Waals surface area contributed by atoms with Crippen molar-refractivity contribution in [3.05, 3.63) is 24.3 Å². The maximum atomic E-state index is 11.9. The lowest BCUT2D eigenvalue weighted by Crippen LogP contribution is -2.41. The minimum atomic E-state index is -0.0689. The second-order valence-electron chi connectivity index (χ2n) is 5.72. The van der Waals surface area contributed by atoms with Gasteiger partial charge in [0.15, 0.2) is 0 Å². The fraction of sp³-hybridized carbons (Fsp3) is 0.533. The first-order chi connectivity index (χ1) is 8.84. The van der Waals surface area contributed by atoms with E-state index in [1.807, 2.05) is 24.3 Å². The van der Waals surface area contributed by atoms with E-state index in [4.69, 9.17) is 4.74 Å². The Morgan fingerprint density at radius 1 is 1.32 bits per heavy atom. The number of amides is 1. The van der Waals surface area contributed by atoms with Crippen LogP contribution in [0.3, 0.4) is 0 Å². The molecule has 1 atom stereocenters. The van der Waals surface area contributed by atoms with Gasteiger partial charge in [-0.2, -0.15) is 0 Å². The lowest BCUT2D eigenvalue weighted by atomic mass is 9.88. The van der Waals surface area contributed by atoms with E-state index in [9.17, 15) is 4.79 Å². The third-order valence-corrected chi connectivity index (χ3v) is 3.25. The molecule has 0 fully saturated rings. The standard InChI is InChI=1S/C15H24N2O2/c1-11(15(2,3)4)16-10-14(18)17-12-8-6-7-9-13(12)19-5/h6-9,11,16H,10H2,1-5H3,(H,17,18). The lowest BCUT2D eigenvalue weighted by Gasteiger charge is -2.28. The molecule has 1 rings (SSSR count). The van der Waals surface area contributed by atoms with Crippen LogP contribution >= 0.6 is 0 Å². The Labute approximate surface area is 115 Å². The van der Waals surface area contributed by atoms with Crippen LogP contribution in [-0.4, -0.2) is 25.6 Å².